The minimum atomic E-state index is -0.681. The van der Waals surface area contributed by atoms with Crippen molar-refractivity contribution in [3.63, 3.8) is 0 Å². The van der Waals surface area contributed by atoms with Crippen molar-refractivity contribution in [3.8, 4) is 0 Å². The molecule has 0 saturated carbocycles. The Bertz CT molecular complexity index is 853. The monoisotopic (exact) mass is 434 g/mol. The second-order valence-corrected chi connectivity index (χ2v) is 9.11. The van der Waals surface area contributed by atoms with Gasteiger partial charge in [0, 0.05) is 27.7 Å². The van der Waals surface area contributed by atoms with Crippen molar-refractivity contribution in [2.45, 2.75) is 59.2 Å². The van der Waals surface area contributed by atoms with Crippen LogP contribution < -0.4 is 5.32 Å². The maximum absolute atomic E-state index is 13.2. The molecule has 0 radical (unpaired) electrons. The molecule has 1 unspecified atom stereocenters. The average Bonchev–Trinajstić information content (AvgIpc) is 2.61. The molecule has 1 N–H and O–H groups in total. The third kappa shape index (κ3) is 6.76. The van der Waals surface area contributed by atoms with Crippen LogP contribution in [0.25, 0.3) is 0 Å². The standard InChI is InChI=1S/C23H28Cl2N2O2/c1-15-9-11-17(12-10-15)13-21(28)27(16(2)22(29)26-23(3,4)5)14-18-19(24)7-6-8-20(18)25/h6-12,16H,13-14H2,1-5H3,(H,26,29). The van der Waals surface area contributed by atoms with Gasteiger partial charge >= 0.3 is 0 Å². The average molecular weight is 435 g/mol. The van der Waals surface area contributed by atoms with Gasteiger partial charge in [0.2, 0.25) is 11.8 Å². The molecule has 2 amide bonds. The van der Waals surface area contributed by atoms with Gasteiger partial charge in [0.05, 0.1) is 6.42 Å². The van der Waals surface area contributed by atoms with E-state index in [9.17, 15) is 9.59 Å². The van der Waals surface area contributed by atoms with Crippen LogP contribution in [-0.4, -0.2) is 28.3 Å². The van der Waals surface area contributed by atoms with E-state index in [1.54, 1.807) is 25.1 Å². The van der Waals surface area contributed by atoms with E-state index in [0.717, 1.165) is 11.1 Å². The van der Waals surface area contributed by atoms with Crippen molar-refractivity contribution >= 4 is 35.0 Å². The van der Waals surface area contributed by atoms with Crippen LogP contribution in [0, 0.1) is 6.92 Å². The molecular weight excluding hydrogens is 407 g/mol. The summed E-state index contributed by atoms with van der Waals surface area (Å²) in [5, 5.41) is 3.88. The molecule has 2 aromatic carbocycles. The Morgan fingerprint density at radius 3 is 2.10 bits per heavy atom. The Hall–Kier alpha value is -2.04. The zero-order valence-corrected chi connectivity index (χ0v) is 19.1. The largest absolute Gasteiger partial charge is 0.350 e. The fourth-order valence-corrected chi connectivity index (χ4v) is 3.41. The second-order valence-electron chi connectivity index (χ2n) is 8.30. The Kier molecular flexibility index (Phi) is 7.73. The molecule has 0 aliphatic carbocycles. The Morgan fingerprint density at radius 2 is 1.59 bits per heavy atom. The van der Waals surface area contributed by atoms with Crippen molar-refractivity contribution in [1.82, 2.24) is 10.2 Å². The summed E-state index contributed by atoms with van der Waals surface area (Å²) in [5.41, 5.74) is 2.24. The van der Waals surface area contributed by atoms with E-state index in [2.05, 4.69) is 5.32 Å². The van der Waals surface area contributed by atoms with Crippen LogP contribution in [0.4, 0.5) is 0 Å². The van der Waals surface area contributed by atoms with Gasteiger partial charge in [-0.2, -0.15) is 0 Å². The van der Waals surface area contributed by atoms with Gasteiger partial charge in [0.15, 0.2) is 0 Å². The normalized spacial score (nSPS) is 12.4. The number of nitrogens with zero attached hydrogens (tertiary/aromatic N) is 1. The van der Waals surface area contributed by atoms with Crippen molar-refractivity contribution in [3.05, 3.63) is 69.2 Å². The first kappa shape index (κ1) is 23.2. The smallest absolute Gasteiger partial charge is 0.242 e. The summed E-state index contributed by atoms with van der Waals surface area (Å²) in [6, 6.07) is 12.3. The number of rotatable bonds is 6. The first-order valence-corrected chi connectivity index (χ1v) is 10.3. The fourth-order valence-electron chi connectivity index (χ4n) is 2.89. The van der Waals surface area contributed by atoms with Crippen LogP contribution >= 0.6 is 23.2 Å². The molecule has 4 nitrogen and oxygen atoms in total. The minimum Gasteiger partial charge on any atom is -0.350 e. The number of hydrogen-bond donors (Lipinski definition) is 1. The zero-order chi connectivity index (χ0) is 21.8. The molecule has 0 spiro atoms. The molecule has 1 atom stereocenters. The van der Waals surface area contributed by atoms with Crippen LogP contribution in [0.1, 0.15) is 44.4 Å². The van der Waals surface area contributed by atoms with Gasteiger partial charge < -0.3 is 10.2 Å². The van der Waals surface area contributed by atoms with Crippen LogP contribution in [0.15, 0.2) is 42.5 Å². The van der Waals surface area contributed by atoms with Crippen LogP contribution in [-0.2, 0) is 22.6 Å². The highest BCUT2D eigenvalue weighted by Crippen LogP contribution is 2.27. The molecule has 0 bridgehead atoms. The molecule has 0 aromatic heterocycles. The maximum Gasteiger partial charge on any atom is 0.242 e. The maximum atomic E-state index is 13.2. The van der Waals surface area contributed by atoms with Gasteiger partial charge in [-0.15, -0.1) is 0 Å². The predicted octanol–water partition coefficient (Wildman–Crippen LogP) is 5.18. The molecule has 0 fully saturated rings. The Morgan fingerprint density at radius 1 is 1.03 bits per heavy atom. The van der Waals surface area contributed by atoms with Crippen molar-refractivity contribution in [2.75, 3.05) is 0 Å². The van der Waals surface area contributed by atoms with Crippen molar-refractivity contribution < 1.29 is 9.59 Å². The van der Waals surface area contributed by atoms with E-state index >= 15 is 0 Å². The van der Waals surface area contributed by atoms with E-state index in [0.29, 0.717) is 15.6 Å². The minimum absolute atomic E-state index is 0.155. The summed E-state index contributed by atoms with van der Waals surface area (Å²) in [7, 11) is 0. The Labute approximate surface area is 183 Å². The third-order valence-corrected chi connectivity index (χ3v) is 5.24. The highest BCUT2D eigenvalue weighted by atomic mass is 35.5. The molecule has 0 heterocycles. The van der Waals surface area contributed by atoms with Crippen LogP contribution in [0.3, 0.4) is 0 Å². The van der Waals surface area contributed by atoms with Gasteiger partial charge in [-0.05, 0) is 52.3 Å². The van der Waals surface area contributed by atoms with E-state index in [4.69, 9.17) is 23.2 Å². The van der Waals surface area contributed by atoms with E-state index < -0.39 is 11.6 Å². The van der Waals surface area contributed by atoms with Crippen LogP contribution in [0.5, 0.6) is 0 Å². The predicted molar refractivity (Wildman–Crippen MR) is 119 cm³/mol. The summed E-state index contributed by atoms with van der Waals surface area (Å²) in [6.45, 7) is 9.58. The highest BCUT2D eigenvalue weighted by molar-refractivity contribution is 6.36. The molecule has 0 aliphatic rings. The topological polar surface area (TPSA) is 49.4 Å². The highest BCUT2D eigenvalue weighted by Gasteiger charge is 2.29. The zero-order valence-electron chi connectivity index (χ0n) is 17.6. The van der Waals surface area contributed by atoms with Crippen molar-refractivity contribution in [2.24, 2.45) is 0 Å². The first-order valence-electron chi connectivity index (χ1n) is 9.58. The third-order valence-electron chi connectivity index (χ3n) is 4.53. The molecule has 0 saturated heterocycles. The number of amides is 2. The van der Waals surface area contributed by atoms with Gasteiger partial charge in [-0.1, -0.05) is 59.1 Å². The SMILES string of the molecule is Cc1ccc(CC(=O)N(Cc2c(Cl)cccc2Cl)C(C)C(=O)NC(C)(C)C)cc1. The lowest BCUT2D eigenvalue weighted by atomic mass is 10.1. The molecule has 2 aromatic rings. The Balaban J connectivity index is 2.32. The summed E-state index contributed by atoms with van der Waals surface area (Å²) in [5.74, 6) is -0.390. The van der Waals surface area contributed by atoms with Gasteiger partial charge in [-0.25, -0.2) is 0 Å². The molecule has 0 aliphatic heterocycles. The fraction of sp³-hybridized carbons (Fsp3) is 0.391. The van der Waals surface area contributed by atoms with Crippen LogP contribution in [0.2, 0.25) is 10.0 Å². The number of benzene rings is 2. The first-order chi connectivity index (χ1) is 13.5. The second kappa shape index (κ2) is 9.64. The lowest BCUT2D eigenvalue weighted by molar-refractivity contribution is -0.140. The summed E-state index contributed by atoms with van der Waals surface area (Å²) in [4.78, 5) is 27.5. The lowest BCUT2D eigenvalue weighted by Crippen LogP contribution is -2.52. The summed E-state index contributed by atoms with van der Waals surface area (Å²) >= 11 is 12.6. The molecule has 29 heavy (non-hydrogen) atoms. The number of nitrogens with one attached hydrogen (secondary N) is 1. The molecule has 6 heteroatoms. The van der Waals surface area contributed by atoms with Crippen molar-refractivity contribution in [1.29, 1.82) is 0 Å². The summed E-state index contributed by atoms with van der Waals surface area (Å²) < 4.78 is 0. The molecular formula is C23H28Cl2N2O2. The van der Waals surface area contributed by atoms with Gasteiger partial charge in [-0.3, -0.25) is 9.59 Å². The quantitative estimate of drug-likeness (QED) is 0.680. The molecule has 156 valence electrons. The van der Waals surface area contributed by atoms with E-state index in [-0.39, 0.29) is 24.8 Å². The number of aryl methyl sites for hydroxylation is 1. The number of carbonyl (C=O) groups is 2. The van der Waals surface area contributed by atoms with E-state index in [1.807, 2.05) is 52.0 Å². The van der Waals surface area contributed by atoms with E-state index in [1.165, 1.54) is 4.90 Å². The molecule has 2 rings (SSSR count). The van der Waals surface area contributed by atoms with Gasteiger partial charge in [0.25, 0.3) is 0 Å². The number of carbonyl (C=O) groups excluding carboxylic acids is 2. The lowest BCUT2D eigenvalue weighted by Gasteiger charge is -2.32. The number of hydrogen-bond acceptors (Lipinski definition) is 2. The summed E-state index contributed by atoms with van der Waals surface area (Å²) in [6.07, 6.45) is 0.190. The van der Waals surface area contributed by atoms with Gasteiger partial charge in [0.1, 0.15) is 6.04 Å². The number of halogens is 2.